The SMILES string of the molecule is CC(C)c1cccc(C(C)C)c1N=P(CCP(=Nc1c(C(C)C)cccc1C(C)C)(c1ccccc1)c1ccccc1)(c1ccccc1)c1ccccc1. The van der Waals surface area contributed by atoms with Gasteiger partial charge in [0.15, 0.2) is 0 Å². The quantitative estimate of drug-likeness (QED) is 0.105. The summed E-state index contributed by atoms with van der Waals surface area (Å²) < 4.78 is 12.5. The zero-order chi connectivity index (χ0) is 38.3. The maximum absolute atomic E-state index is 6.25. The van der Waals surface area contributed by atoms with Crippen LogP contribution in [0, 0.1) is 0 Å². The van der Waals surface area contributed by atoms with Gasteiger partial charge in [-0.15, -0.1) is 0 Å². The van der Waals surface area contributed by atoms with Crippen molar-refractivity contribution in [2.24, 2.45) is 9.49 Å². The molecule has 0 unspecified atom stereocenters. The second-order valence-corrected chi connectivity index (χ2v) is 22.2. The summed E-state index contributed by atoms with van der Waals surface area (Å²) in [7, 11) is -4.93. The molecule has 0 radical (unpaired) electrons. The van der Waals surface area contributed by atoms with Gasteiger partial charge in [0.2, 0.25) is 0 Å². The number of benzene rings is 6. The highest BCUT2D eigenvalue weighted by molar-refractivity contribution is 7.84. The Bertz CT molecular complexity index is 1940. The van der Waals surface area contributed by atoms with Gasteiger partial charge in [-0.2, -0.15) is 0 Å². The van der Waals surface area contributed by atoms with E-state index >= 15 is 0 Å². The maximum atomic E-state index is 6.25. The van der Waals surface area contributed by atoms with Gasteiger partial charge in [-0.3, -0.25) is 9.49 Å². The topological polar surface area (TPSA) is 24.7 Å². The van der Waals surface area contributed by atoms with Crippen molar-refractivity contribution in [2.75, 3.05) is 12.3 Å². The van der Waals surface area contributed by atoms with Crippen molar-refractivity contribution < 1.29 is 0 Å². The molecule has 4 heteroatoms. The van der Waals surface area contributed by atoms with Crippen LogP contribution in [0.5, 0.6) is 0 Å². The van der Waals surface area contributed by atoms with E-state index in [9.17, 15) is 0 Å². The third kappa shape index (κ3) is 8.22. The molecule has 6 aromatic rings. The van der Waals surface area contributed by atoms with E-state index in [1.165, 1.54) is 54.8 Å². The lowest BCUT2D eigenvalue weighted by molar-refractivity contribution is 0.835. The van der Waals surface area contributed by atoms with E-state index in [0.29, 0.717) is 23.7 Å². The Kier molecular flexibility index (Phi) is 12.8. The Morgan fingerprint density at radius 1 is 0.315 bits per heavy atom. The summed E-state index contributed by atoms with van der Waals surface area (Å²) in [5.74, 6) is 1.36. The summed E-state index contributed by atoms with van der Waals surface area (Å²) in [6, 6.07) is 58.6. The molecule has 54 heavy (non-hydrogen) atoms. The number of nitrogens with zero attached hydrogens (tertiary/aromatic N) is 2. The predicted molar refractivity (Wildman–Crippen MR) is 241 cm³/mol. The Hall–Kier alpha value is -4.22. The molecule has 0 amide bonds. The highest BCUT2D eigenvalue weighted by Gasteiger charge is 2.33. The van der Waals surface area contributed by atoms with Gasteiger partial charge in [0, 0.05) is 14.1 Å². The van der Waals surface area contributed by atoms with Gasteiger partial charge < -0.3 is 0 Å². The van der Waals surface area contributed by atoms with E-state index in [2.05, 4.69) is 213 Å². The molecule has 0 aliphatic heterocycles. The molecule has 0 aromatic heterocycles. The first-order valence-corrected chi connectivity index (χ1v) is 23.6. The summed E-state index contributed by atoms with van der Waals surface area (Å²) in [5.41, 5.74) is 7.64. The Morgan fingerprint density at radius 2 is 0.537 bits per heavy atom. The fourth-order valence-electron chi connectivity index (χ4n) is 7.73. The van der Waals surface area contributed by atoms with Crippen LogP contribution in [0.25, 0.3) is 0 Å². The highest BCUT2D eigenvalue weighted by Crippen LogP contribution is 2.59. The van der Waals surface area contributed by atoms with Crippen molar-refractivity contribution in [1.82, 2.24) is 0 Å². The molecule has 0 atom stereocenters. The lowest BCUT2D eigenvalue weighted by Crippen LogP contribution is -2.25. The van der Waals surface area contributed by atoms with E-state index in [1.807, 2.05) is 0 Å². The fraction of sp³-hybridized carbons (Fsp3) is 0.280. The van der Waals surface area contributed by atoms with E-state index in [-0.39, 0.29) is 0 Å². The second-order valence-electron chi connectivity index (χ2n) is 15.7. The normalized spacial score (nSPS) is 12.1. The van der Waals surface area contributed by atoms with Crippen LogP contribution in [-0.4, -0.2) is 12.3 Å². The molecule has 0 spiro atoms. The molecule has 0 fully saturated rings. The number of hydrogen-bond donors (Lipinski definition) is 0. The molecule has 278 valence electrons. The van der Waals surface area contributed by atoms with Gasteiger partial charge in [0.1, 0.15) is 0 Å². The molecule has 0 N–H and O–H groups in total. The molecule has 6 rings (SSSR count). The third-order valence-corrected chi connectivity index (χ3v) is 18.5. The molecule has 0 bridgehead atoms. The van der Waals surface area contributed by atoms with Gasteiger partial charge in [-0.1, -0.05) is 213 Å². The third-order valence-electron chi connectivity index (χ3n) is 10.7. The maximum Gasteiger partial charge on any atom is 0.0690 e. The van der Waals surface area contributed by atoms with Crippen molar-refractivity contribution in [1.29, 1.82) is 0 Å². The molecular formula is C50H58N2P2. The van der Waals surface area contributed by atoms with E-state index in [4.69, 9.17) is 9.49 Å². The highest BCUT2D eigenvalue weighted by atomic mass is 31.2. The lowest BCUT2D eigenvalue weighted by atomic mass is 9.93. The van der Waals surface area contributed by atoms with Crippen LogP contribution < -0.4 is 21.2 Å². The van der Waals surface area contributed by atoms with Gasteiger partial charge in [-0.05, 0) is 79.5 Å². The average molecular weight is 749 g/mol. The van der Waals surface area contributed by atoms with Gasteiger partial charge >= 0.3 is 0 Å². The fourth-order valence-corrected chi connectivity index (χ4v) is 16.1. The molecule has 2 nitrogen and oxygen atoms in total. The van der Waals surface area contributed by atoms with Crippen molar-refractivity contribution in [3.63, 3.8) is 0 Å². The first kappa shape index (κ1) is 39.5. The lowest BCUT2D eigenvalue weighted by Gasteiger charge is -2.33. The van der Waals surface area contributed by atoms with E-state index < -0.39 is 14.1 Å². The van der Waals surface area contributed by atoms with E-state index in [0.717, 1.165) is 12.3 Å². The summed E-state index contributed by atoms with van der Waals surface area (Å²) in [4.78, 5) is 0. The van der Waals surface area contributed by atoms with Crippen molar-refractivity contribution in [2.45, 2.75) is 79.1 Å². The van der Waals surface area contributed by atoms with Crippen LogP contribution in [0.4, 0.5) is 11.4 Å². The predicted octanol–water partition coefficient (Wildman–Crippen LogP) is 13.8. The van der Waals surface area contributed by atoms with Crippen LogP contribution in [-0.2, 0) is 0 Å². The van der Waals surface area contributed by atoms with Gasteiger partial charge in [-0.25, -0.2) is 0 Å². The van der Waals surface area contributed by atoms with Crippen molar-refractivity contribution in [3.8, 4) is 0 Å². The minimum absolute atomic E-state index is 0.341. The van der Waals surface area contributed by atoms with Gasteiger partial charge in [0.25, 0.3) is 0 Å². The Labute approximate surface area is 326 Å². The molecule has 0 aliphatic rings. The molecule has 0 aliphatic carbocycles. The molecule has 0 saturated carbocycles. The van der Waals surface area contributed by atoms with Crippen LogP contribution in [0.15, 0.2) is 167 Å². The van der Waals surface area contributed by atoms with Crippen molar-refractivity contribution in [3.05, 3.63) is 180 Å². The summed E-state index contributed by atoms with van der Waals surface area (Å²) in [6.07, 6.45) is 1.76. The van der Waals surface area contributed by atoms with E-state index in [1.54, 1.807) is 0 Å². The number of hydrogen-bond acceptors (Lipinski definition) is 2. The molecule has 6 aromatic carbocycles. The molecular weight excluding hydrogens is 691 g/mol. The largest absolute Gasteiger partial charge is 0.258 e. The monoisotopic (exact) mass is 748 g/mol. The summed E-state index contributed by atoms with van der Waals surface area (Å²) in [6.45, 7) is 18.5. The average Bonchev–Trinajstić information content (AvgIpc) is 3.20. The standard InChI is InChI=1S/C50H58N2P2/c1-37(2)45-31-21-32-46(38(3)4)49(45)51-53(41-23-13-9-14-24-41,42-25-15-10-16-26-42)35-36-54(43-27-17-11-18-28-43,44-29-19-12-20-30-44)52-50-47(39(5)6)33-22-34-48(50)40(7)8/h9-34,37-40H,35-36H2,1-8H3. The minimum Gasteiger partial charge on any atom is -0.258 e. The van der Waals surface area contributed by atoms with Crippen LogP contribution >= 0.6 is 14.1 Å². The summed E-state index contributed by atoms with van der Waals surface area (Å²) >= 11 is 0. The first-order valence-electron chi connectivity index (χ1n) is 19.8. The Balaban J connectivity index is 1.76. The van der Waals surface area contributed by atoms with Crippen LogP contribution in [0.1, 0.15) is 101 Å². The zero-order valence-electron chi connectivity index (χ0n) is 33.5. The Morgan fingerprint density at radius 3 is 0.741 bits per heavy atom. The summed E-state index contributed by atoms with van der Waals surface area (Å²) in [5, 5.41) is 5.26. The smallest absolute Gasteiger partial charge is 0.0690 e. The minimum atomic E-state index is -2.47. The van der Waals surface area contributed by atoms with Crippen LogP contribution in [0.3, 0.4) is 0 Å². The second kappa shape index (κ2) is 17.5. The van der Waals surface area contributed by atoms with Gasteiger partial charge in [0.05, 0.1) is 11.4 Å². The van der Waals surface area contributed by atoms with Crippen LogP contribution in [0.2, 0.25) is 0 Å². The zero-order valence-corrected chi connectivity index (χ0v) is 35.3. The molecule has 0 saturated heterocycles. The molecule has 0 heterocycles. The van der Waals surface area contributed by atoms with Crippen molar-refractivity contribution >= 4 is 46.7 Å². The number of rotatable bonds is 13. The first-order chi connectivity index (χ1) is 26.1.